The fourth-order valence-electron chi connectivity index (χ4n) is 2.01. The first-order valence-corrected chi connectivity index (χ1v) is 6.32. The number of rotatable bonds is 5. The Labute approximate surface area is 107 Å². The highest BCUT2D eigenvalue weighted by molar-refractivity contribution is 5.28. The number of aryl methyl sites for hydroxylation is 1. The smallest absolute Gasteiger partial charge is 0.125 e. The Kier molecular flexibility index (Phi) is 4.15. The maximum Gasteiger partial charge on any atom is 0.125 e. The van der Waals surface area contributed by atoms with Crippen LogP contribution in [0.4, 0.5) is 4.39 Å². The first-order chi connectivity index (χ1) is 8.74. The van der Waals surface area contributed by atoms with E-state index in [4.69, 9.17) is 4.42 Å². The predicted molar refractivity (Wildman–Crippen MR) is 70.0 cm³/mol. The summed E-state index contributed by atoms with van der Waals surface area (Å²) in [5.74, 6) is 1.56. The summed E-state index contributed by atoms with van der Waals surface area (Å²) < 4.78 is 19.1. The molecule has 1 unspecified atom stereocenters. The second-order valence-electron chi connectivity index (χ2n) is 4.20. The largest absolute Gasteiger partial charge is 0.464 e. The number of nitrogens with one attached hydrogen (secondary N) is 1. The van der Waals surface area contributed by atoms with E-state index < -0.39 is 0 Å². The van der Waals surface area contributed by atoms with Crippen molar-refractivity contribution in [3.05, 3.63) is 59.3 Å². The SMILES string of the molecule is CCNC(c1cccc(F)c1)c1ccc(CC)o1. The van der Waals surface area contributed by atoms with Gasteiger partial charge in [0.1, 0.15) is 17.3 Å². The van der Waals surface area contributed by atoms with Gasteiger partial charge in [-0.25, -0.2) is 4.39 Å². The lowest BCUT2D eigenvalue weighted by Gasteiger charge is -2.16. The molecule has 2 rings (SSSR count). The molecule has 2 aromatic rings. The van der Waals surface area contributed by atoms with E-state index in [0.717, 1.165) is 30.0 Å². The summed E-state index contributed by atoms with van der Waals surface area (Å²) in [5.41, 5.74) is 0.883. The second-order valence-corrected chi connectivity index (χ2v) is 4.20. The van der Waals surface area contributed by atoms with E-state index >= 15 is 0 Å². The molecule has 1 aromatic heterocycles. The van der Waals surface area contributed by atoms with E-state index in [9.17, 15) is 4.39 Å². The van der Waals surface area contributed by atoms with Gasteiger partial charge < -0.3 is 9.73 Å². The molecule has 1 N–H and O–H groups in total. The first kappa shape index (κ1) is 12.8. The lowest BCUT2D eigenvalue weighted by Crippen LogP contribution is -2.21. The van der Waals surface area contributed by atoms with Gasteiger partial charge in [-0.05, 0) is 36.4 Å². The molecule has 96 valence electrons. The first-order valence-electron chi connectivity index (χ1n) is 6.32. The van der Waals surface area contributed by atoms with Crippen molar-refractivity contribution in [2.24, 2.45) is 0 Å². The van der Waals surface area contributed by atoms with Gasteiger partial charge in [0.25, 0.3) is 0 Å². The molecule has 0 saturated heterocycles. The third kappa shape index (κ3) is 2.79. The van der Waals surface area contributed by atoms with Crippen molar-refractivity contribution in [3.8, 4) is 0 Å². The minimum Gasteiger partial charge on any atom is -0.464 e. The molecule has 0 aliphatic carbocycles. The Hall–Kier alpha value is -1.61. The third-order valence-corrected chi connectivity index (χ3v) is 2.91. The average Bonchev–Trinajstić information content (AvgIpc) is 2.84. The number of halogens is 1. The molecule has 0 radical (unpaired) electrons. The molecule has 0 saturated carbocycles. The third-order valence-electron chi connectivity index (χ3n) is 2.91. The van der Waals surface area contributed by atoms with Crippen molar-refractivity contribution in [1.29, 1.82) is 0 Å². The van der Waals surface area contributed by atoms with Crippen LogP contribution in [0.3, 0.4) is 0 Å². The number of furan rings is 1. The van der Waals surface area contributed by atoms with Crippen molar-refractivity contribution >= 4 is 0 Å². The van der Waals surface area contributed by atoms with E-state index in [1.807, 2.05) is 32.0 Å². The molecule has 0 spiro atoms. The van der Waals surface area contributed by atoms with Crippen LogP contribution >= 0.6 is 0 Å². The number of hydrogen-bond donors (Lipinski definition) is 1. The van der Waals surface area contributed by atoms with Crippen molar-refractivity contribution in [3.63, 3.8) is 0 Å². The molecule has 1 atom stereocenters. The molecule has 0 aliphatic rings. The zero-order valence-corrected chi connectivity index (χ0v) is 10.7. The number of benzene rings is 1. The monoisotopic (exact) mass is 247 g/mol. The second kappa shape index (κ2) is 5.83. The lowest BCUT2D eigenvalue weighted by atomic mass is 10.0. The van der Waals surface area contributed by atoms with E-state index in [1.165, 1.54) is 6.07 Å². The summed E-state index contributed by atoms with van der Waals surface area (Å²) in [5, 5.41) is 3.32. The van der Waals surface area contributed by atoms with Gasteiger partial charge in [0.05, 0.1) is 6.04 Å². The zero-order chi connectivity index (χ0) is 13.0. The summed E-state index contributed by atoms with van der Waals surface area (Å²) in [4.78, 5) is 0. The van der Waals surface area contributed by atoms with Crippen LogP contribution in [0, 0.1) is 5.82 Å². The molecular formula is C15H18FNO. The van der Waals surface area contributed by atoms with Gasteiger partial charge in [-0.3, -0.25) is 0 Å². The van der Waals surface area contributed by atoms with E-state index in [1.54, 1.807) is 12.1 Å². The zero-order valence-electron chi connectivity index (χ0n) is 10.7. The Morgan fingerprint density at radius 2 is 2.06 bits per heavy atom. The summed E-state index contributed by atoms with van der Waals surface area (Å²) in [7, 11) is 0. The van der Waals surface area contributed by atoms with E-state index in [2.05, 4.69) is 5.32 Å². The van der Waals surface area contributed by atoms with Gasteiger partial charge in [0.15, 0.2) is 0 Å². The Bertz CT molecular complexity index is 507. The van der Waals surface area contributed by atoms with Crippen LogP contribution < -0.4 is 5.32 Å². The molecule has 1 heterocycles. The molecule has 0 amide bonds. The van der Waals surface area contributed by atoms with Crippen LogP contribution in [0.15, 0.2) is 40.8 Å². The van der Waals surface area contributed by atoms with Gasteiger partial charge in [-0.15, -0.1) is 0 Å². The molecule has 0 bridgehead atoms. The lowest BCUT2D eigenvalue weighted by molar-refractivity contribution is 0.425. The molecule has 18 heavy (non-hydrogen) atoms. The van der Waals surface area contributed by atoms with E-state index in [0.29, 0.717) is 0 Å². The van der Waals surface area contributed by atoms with Crippen LogP contribution in [0.5, 0.6) is 0 Å². The van der Waals surface area contributed by atoms with Gasteiger partial charge in [0, 0.05) is 6.42 Å². The highest BCUT2D eigenvalue weighted by Gasteiger charge is 2.17. The number of hydrogen-bond acceptors (Lipinski definition) is 2. The quantitative estimate of drug-likeness (QED) is 0.872. The van der Waals surface area contributed by atoms with Gasteiger partial charge in [-0.2, -0.15) is 0 Å². The minimum absolute atomic E-state index is 0.0917. The Balaban J connectivity index is 2.33. The molecule has 3 heteroatoms. The van der Waals surface area contributed by atoms with Crippen LogP contribution in [0.1, 0.15) is 37.0 Å². The summed E-state index contributed by atoms with van der Waals surface area (Å²) in [6.07, 6.45) is 0.863. The van der Waals surface area contributed by atoms with Gasteiger partial charge in [0.2, 0.25) is 0 Å². The van der Waals surface area contributed by atoms with Crippen LogP contribution in [-0.2, 0) is 6.42 Å². The van der Waals surface area contributed by atoms with Crippen molar-refractivity contribution in [2.45, 2.75) is 26.3 Å². The summed E-state index contributed by atoms with van der Waals surface area (Å²) in [6, 6.07) is 10.5. The maximum absolute atomic E-state index is 13.3. The normalized spacial score (nSPS) is 12.6. The molecule has 0 aliphatic heterocycles. The topological polar surface area (TPSA) is 25.2 Å². The highest BCUT2D eigenvalue weighted by Crippen LogP contribution is 2.24. The van der Waals surface area contributed by atoms with Crippen LogP contribution in [0.25, 0.3) is 0 Å². The van der Waals surface area contributed by atoms with E-state index in [-0.39, 0.29) is 11.9 Å². The summed E-state index contributed by atoms with van der Waals surface area (Å²) >= 11 is 0. The standard InChI is InChI=1S/C15H18FNO/c1-3-13-8-9-14(18-13)15(17-4-2)11-6-5-7-12(16)10-11/h5-10,15,17H,3-4H2,1-2H3. The van der Waals surface area contributed by atoms with Crippen molar-refractivity contribution in [2.75, 3.05) is 6.54 Å². The fourth-order valence-corrected chi connectivity index (χ4v) is 2.01. The minimum atomic E-state index is -0.224. The molecule has 1 aromatic carbocycles. The summed E-state index contributed by atoms with van der Waals surface area (Å²) in [6.45, 7) is 4.87. The van der Waals surface area contributed by atoms with Crippen molar-refractivity contribution < 1.29 is 8.81 Å². The Morgan fingerprint density at radius 1 is 1.22 bits per heavy atom. The van der Waals surface area contributed by atoms with Gasteiger partial charge >= 0.3 is 0 Å². The van der Waals surface area contributed by atoms with Gasteiger partial charge in [-0.1, -0.05) is 26.0 Å². The maximum atomic E-state index is 13.3. The molecule has 2 nitrogen and oxygen atoms in total. The average molecular weight is 247 g/mol. The molecular weight excluding hydrogens is 229 g/mol. The highest BCUT2D eigenvalue weighted by atomic mass is 19.1. The van der Waals surface area contributed by atoms with Crippen LogP contribution in [0.2, 0.25) is 0 Å². The fraction of sp³-hybridized carbons (Fsp3) is 0.333. The predicted octanol–water partition coefficient (Wildman–Crippen LogP) is 3.68. The Morgan fingerprint density at radius 3 is 2.67 bits per heavy atom. The van der Waals surface area contributed by atoms with Crippen molar-refractivity contribution in [1.82, 2.24) is 5.32 Å². The van der Waals surface area contributed by atoms with Crippen LogP contribution in [-0.4, -0.2) is 6.54 Å². The molecule has 0 fully saturated rings.